The van der Waals surface area contributed by atoms with Crippen LogP contribution < -0.4 is 0 Å². The van der Waals surface area contributed by atoms with Gasteiger partial charge in [0.1, 0.15) is 0 Å². The Bertz CT molecular complexity index is 568. The predicted octanol–water partition coefficient (Wildman–Crippen LogP) is 2.82. The summed E-state index contributed by atoms with van der Waals surface area (Å²) in [6.07, 6.45) is 6.84. The predicted molar refractivity (Wildman–Crippen MR) is 93.6 cm³/mol. The number of hydrogen-bond acceptors (Lipinski definition) is 3. The van der Waals surface area contributed by atoms with Gasteiger partial charge in [0.05, 0.1) is 18.2 Å². The van der Waals surface area contributed by atoms with Crippen molar-refractivity contribution in [1.29, 1.82) is 0 Å². The summed E-state index contributed by atoms with van der Waals surface area (Å²) in [6, 6.07) is 10.6. The summed E-state index contributed by atoms with van der Waals surface area (Å²) in [6.45, 7) is 4.18. The van der Waals surface area contributed by atoms with Crippen molar-refractivity contribution in [3.05, 3.63) is 35.9 Å². The largest absolute Gasteiger partial charge is 0.371 e. The molecule has 0 bridgehead atoms. The van der Waals surface area contributed by atoms with Gasteiger partial charge in [-0.15, -0.1) is 0 Å². The highest BCUT2D eigenvalue weighted by molar-refractivity contribution is 5.82. The van der Waals surface area contributed by atoms with E-state index in [9.17, 15) is 4.79 Å². The Morgan fingerprint density at radius 2 is 1.92 bits per heavy atom. The highest BCUT2D eigenvalue weighted by atomic mass is 16.5. The normalized spacial score (nSPS) is 27.0. The summed E-state index contributed by atoms with van der Waals surface area (Å²) < 4.78 is 6.08. The second-order valence-corrected chi connectivity index (χ2v) is 7.61. The Morgan fingerprint density at radius 3 is 2.71 bits per heavy atom. The first kappa shape index (κ1) is 16.1. The van der Waals surface area contributed by atoms with Gasteiger partial charge in [0.25, 0.3) is 0 Å². The minimum Gasteiger partial charge on any atom is -0.371 e. The van der Waals surface area contributed by atoms with Crippen molar-refractivity contribution in [2.45, 2.75) is 56.7 Å². The molecular weight excluding hydrogens is 300 g/mol. The number of carbonyl (C=O) groups is 1. The van der Waals surface area contributed by atoms with Crippen molar-refractivity contribution in [3.8, 4) is 0 Å². The van der Waals surface area contributed by atoms with E-state index in [1.165, 1.54) is 18.4 Å². The van der Waals surface area contributed by atoms with E-state index in [1.54, 1.807) is 0 Å². The Morgan fingerprint density at radius 1 is 1.12 bits per heavy atom. The second kappa shape index (κ2) is 6.85. The lowest BCUT2D eigenvalue weighted by Gasteiger charge is -2.42. The van der Waals surface area contributed by atoms with Crippen molar-refractivity contribution in [2.75, 3.05) is 26.2 Å². The number of nitrogens with zero attached hydrogens (tertiary/aromatic N) is 2. The summed E-state index contributed by atoms with van der Waals surface area (Å²) in [5.41, 5.74) is 1.27. The first-order valence-electron chi connectivity index (χ1n) is 9.47. The number of amides is 1. The van der Waals surface area contributed by atoms with Gasteiger partial charge in [-0.05, 0) is 37.8 Å². The number of likely N-dealkylation sites (tertiary alicyclic amines) is 1. The first-order chi connectivity index (χ1) is 11.8. The molecule has 0 N–H and O–H groups in total. The fraction of sp³-hybridized carbons (Fsp3) is 0.650. The molecule has 0 aromatic heterocycles. The molecule has 3 aliphatic rings. The smallest absolute Gasteiger partial charge is 0.240 e. The molecule has 4 rings (SSSR count). The summed E-state index contributed by atoms with van der Waals surface area (Å²) >= 11 is 0. The lowest BCUT2D eigenvalue weighted by Crippen LogP contribution is -2.56. The molecule has 1 aromatic carbocycles. The van der Waals surface area contributed by atoms with Crippen LogP contribution in [0.15, 0.2) is 30.3 Å². The monoisotopic (exact) mass is 328 g/mol. The van der Waals surface area contributed by atoms with Gasteiger partial charge in [-0.1, -0.05) is 43.2 Å². The van der Waals surface area contributed by atoms with Crippen LogP contribution in [0, 0.1) is 0 Å². The van der Waals surface area contributed by atoms with E-state index < -0.39 is 0 Å². The van der Waals surface area contributed by atoms with E-state index in [4.69, 9.17) is 4.74 Å². The number of hydrogen-bond donors (Lipinski definition) is 0. The maximum atomic E-state index is 13.2. The number of benzene rings is 1. The lowest BCUT2D eigenvalue weighted by molar-refractivity contribution is -0.154. The molecular formula is C20H28N2O2. The van der Waals surface area contributed by atoms with Crippen LogP contribution in [0.3, 0.4) is 0 Å². The van der Waals surface area contributed by atoms with Crippen LogP contribution >= 0.6 is 0 Å². The van der Waals surface area contributed by atoms with Crippen molar-refractivity contribution in [2.24, 2.45) is 0 Å². The van der Waals surface area contributed by atoms with Gasteiger partial charge in [0.2, 0.25) is 5.91 Å². The van der Waals surface area contributed by atoms with Crippen molar-refractivity contribution >= 4 is 5.91 Å². The molecule has 1 saturated carbocycles. The van der Waals surface area contributed by atoms with Crippen molar-refractivity contribution in [1.82, 2.24) is 9.80 Å². The summed E-state index contributed by atoms with van der Waals surface area (Å²) in [5.74, 6) is 0.331. The van der Waals surface area contributed by atoms with Gasteiger partial charge in [0, 0.05) is 19.6 Å². The van der Waals surface area contributed by atoms with Gasteiger partial charge >= 0.3 is 0 Å². The quantitative estimate of drug-likeness (QED) is 0.855. The molecule has 1 atom stereocenters. The van der Waals surface area contributed by atoms with Gasteiger partial charge in [-0.2, -0.15) is 0 Å². The third-order valence-corrected chi connectivity index (χ3v) is 5.95. The minimum atomic E-state index is -0.0310. The molecule has 2 aliphatic heterocycles. The molecule has 2 saturated heterocycles. The number of carbonyl (C=O) groups excluding carboxylic acids is 1. The zero-order valence-corrected chi connectivity index (χ0v) is 14.5. The number of rotatable bonds is 3. The lowest BCUT2D eigenvalue weighted by atomic mass is 9.99. The number of morpholine rings is 1. The fourth-order valence-electron chi connectivity index (χ4n) is 4.68. The number of ether oxygens (including phenoxy) is 1. The molecule has 1 spiro atoms. The molecule has 130 valence electrons. The van der Waals surface area contributed by atoms with Crippen LogP contribution in [0.1, 0.15) is 44.1 Å². The van der Waals surface area contributed by atoms with E-state index in [-0.39, 0.29) is 11.6 Å². The van der Waals surface area contributed by atoms with Crippen LogP contribution in [-0.2, 0) is 16.1 Å². The zero-order valence-electron chi connectivity index (χ0n) is 14.5. The average molecular weight is 328 g/mol. The molecule has 4 heteroatoms. The highest BCUT2D eigenvalue weighted by Crippen LogP contribution is 2.36. The molecule has 1 aromatic rings. The van der Waals surface area contributed by atoms with Crippen LogP contribution in [0.4, 0.5) is 0 Å². The van der Waals surface area contributed by atoms with Crippen molar-refractivity contribution in [3.63, 3.8) is 0 Å². The highest BCUT2D eigenvalue weighted by Gasteiger charge is 2.43. The van der Waals surface area contributed by atoms with Crippen molar-refractivity contribution < 1.29 is 9.53 Å². The Balaban J connectivity index is 1.43. The van der Waals surface area contributed by atoms with Gasteiger partial charge in [-0.3, -0.25) is 9.69 Å². The van der Waals surface area contributed by atoms with E-state index in [2.05, 4.69) is 34.1 Å². The third kappa shape index (κ3) is 3.22. The van der Waals surface area contributed by atoms with Crippen LogP contribution in [0.2, 0.25) is 0 Å². The Kier molecular flexibility index (Phi) is 4.59. The molecule has 1 amide bonds. The summed E-state index contributed by atoms with van der Waals surface area (Å²) in [4.78, 5) is 17.6. The molecule has 24 heavy (non-hydrogen) atoms. The molecule has 0 radical (unpaired) electrons. The van der Waals surface area contributed by atoms with Crippen LogP contribution in [0.25, 0.3) is 0 Å². The molecule has 1 aliphatic carbocycles. The molecule has 2 heterocycles. The summed E-state index contributed by atoms with van der Waals surface area (Å²) in [7, 11) is 0. The van der Waals surface area contributed by atoms with E-state index in [0.29, 0.717) is 12.5 Å². The summed E-state index contributed by atoms with van der Waals surface area (Å²) in [5, 5.41) is 0. The zero-order chi connectivity index (χ0) is 16.4. The average Bonchev–Trinajstić information content (AvgIpc) is 3.25. The van der Waals surface area contributed by atoms with Gasteiger partial charge in [0.15, 0.2) is 0 Å². The second-order valence-electron chi connectivity index (χ2n) is 7.61. The molecule has 4 nitrogen and oxygen atoms in total. The van der Waals surface area contributed by atoms with Crippen LogP contribution in [-0.4, -0.2) is 53.6 Å². The maximum Gasteiger partial charge on any atom is 0.240 e. The topological polar surface area (TPSA) is 32.8 Å². The Labute approximate surface area is 144 Å². The standard InChI is InChI=1S/C20H28N2O2/c23-19(22-13-14-24-20(16-22)10-4-5-11-20)18-9-6-12-21(18)15-17-7-2-1-3-8-17/h1-3,7-8,18H,4-6,9-16H2. The SMILES string of the molecule is O=C(C1CCCN1Cc1ccccc1)N1CCOC2(CCCC2)C1. The first-order valence-corrected chi connectivity index (χ1v) is 9.47. The van der Waals surface area contributed by atoms with E-state index in [1.807, 2.05) is 6.07 Å². The third-order valence-electron chi connectivity index (χ3n) is 5.95. The van der Waals surface area contributed by atoms with Gasteiger partial charge in [-0.25, -0.2) is 0 Å². The minimum absolute atomic E-state index is 0.0310. The van der Waals surface area contributed by atoms with Gasteiger partial charge < -0.3 is 9.64 Å². The van der Waals surface area contributed by atoms with E-state index >= 15 is 0 Å². The Hall–Kier alpha value is -1.39. The fourth-order valence-corrected chi connectivity index (χ4v) is 4.68. The van der Waals surface area contributed by atoms with Crippen LogP contribution in [0.5, 0.6) is 0 Å². The molecule has 3 fully saturated rings. The molecule has 1 unspecified atom stereocenters. The maximum absolute atomic E-state index is 13.2. The van der Waals surface area contributed by atoms with E-state index in [0.717, 1.165) is 51.9 Å².